The summed E-state index contributed by atoms with van der Waals surface area (Å²) in [5.74, 6) is 0. The van der Waals surface area contributed by atoms with Crippen LogP contribution < -0.4 is 0 Å². The fourth-order valence-electron chi connectivity index (χ4n) is 2.21. The van der Waals surface area contributed by atoms with Crippen molar-refractivity contribution in [3.05, 3.63) is 34.3 Å². The molecule has 2 heteroatoms. The van der Waals surface area contributed by atoms with Crippen LogP contribution in [-0.2, 0) is 6.54 Å². The summed E-state index contributed by atoms with van der Waals surface area (Å²) in [7, 11) is 0. The molecule has 1 aromatic rings. The Balaban J connectivity index is 2.09. The summed E-state index contributed by atoms with van der Waals surface area (Å²) in [6.07, 6.45) is 4.06. The standard InChI is InChI=1S/C13H18ClN/c1-11-6-5-7-13(14)12(11)10-15-8-3-2-4-9-15/h5-7H,2-4,8-10H2,1H3. The maximum absolute atomic E-state index is 6.22. The normalized spacial score (nSPS) is 18.0. The lowest BCUT2D eigenvalue weighted by molar-refractivity contribution is 0.220. The molecule has 0 N–H and O–H groups in total. The SMILES string of the molecule is Cc1cccc(Cl)c1CN1CCCCC1. The van der Waals surface area contributed by atoms with Gasteiger partial charge in [0.15, 0.2) is 0 Å². The quantitative estimate of drug-likeness (QED) is 0.740. The monoisotopic (exact) mass is 223 g/mol. The first-order valence-corrected chi connectivity index (χ1v) is 6.11. The second-order valence-electron chi connectivity index (χ2n) is 4.37. The van der Waals surface area contributed by atoms with Gasteiger partial charge in [0.2, 0.25) is 0 Å². The molecule has 1 aliphatic rings. The highest BCUT2D eigenvalue weighted by Gasteiger charge is 2.13. The van der Waals surface area contributed by atoms with E-state index in [1.165, 1.54) is 43.5 Å². The third-order valence-electron chi connectivity index (χ3n) is 3.18. The van der Waals surface area contributed by atoms with Gasteiger partial charge in [0.05, 0.1) is 0 Å². The van der Waals surface area contributed by atoms with E-state index >= 15 is 0 Å². The van der Waals surface area contributed by atoms with Gasteiger partial charge in [-0.1, -0.05) is 30.2 Å². The molecule has 0 radical (unpaired) electrons. The van der Waals surface area contributed by atoms with Crippen LogP contribution in [0.5, 0.6) is 0 Å². The largest absolute Gasteiger partial charge is 0.299 e. The summed E-state index contributed by atoms with van der Waals surface area (Å²) >= 11 is 6.22. The Morgan fingerprint density at radius 1 is 1.20 bits per heavy atom. The van der Waals surface area contributed by atoms with Gasteiger partial charge in [-0.15, -0.1) is 0 Å². The van der Waals surface area contributed by atoms with Crippen molar-refractivity contribution in [1.82, 2.24) is 4.90 Å². The molecule has 0 amide bonds. The van der Waals surface area contributed by atoms with Gasteiger partial charge >= 0.3 is 0 Å². The van der Waals surface area contributed by atoms with Crippen LogP contribution in [0.3, 0.4) is 0 Å². The third kappa shape index (κ3) is 2.73. The topological polar surface area (TPSA) is 3.24 Å². The summed E-state index contributed by atoms with van der Waals surface area (Å²) < 4.78 is 0. The number of nitrogens with zero attached hydrogens (tertiary/aromatic N) is 1. The predicted octanol–water partition coefficient (Wildman–Crippen LogP) is 3.63. The zero-order valence-corrected chi connectivity index (χ0v) is 10.1. The van der Waals surface area contributed by atoms with Gasteiger partial charge < -0.3 is 0 Å². The van der Waals surface area contributed by atoms with E-state index in [-0.39, 0.29) is 0 Å². The lowest BCUT2D eigenvalue weighted by Gasteiger charge is -2.27. The Labute approximate surface area is 97.0 Å². The first-order valence-electron chi connectivity index (χ1n) is 5.74. The molecular formula is C13H18ClN. The molecule has 1 fully saturated rings. The van der Waals surface area contributed by atoms with Crippen LogP contribution in [0, 0.1) is 6.92 Å². The van der Waals surface area contributed by atoms with E-state index in [1.54, 1.807) is 0 Å². The molecule has 1 aliphatic heterocycles. The highest BCUT2D eigenvalue weighted by atomic mass is 35.5. The van der Waals surface area contributed by atoms with Gasteiger partial charge in [-0.25, -0.2) is 0 Å². The molecule has 1 saturated heterocycles. The van der Waals surface area contributed by atoms with Crippen molar-refractivity contribution in [3.8, 4) is 0 Å². The summed E-state index contributed by atoms with van der Waals surface area (Å²) in [5, 5.41) is 0.917. The number of hydrogen-bond donors (Lipinski definition) is 0. The highest BCUT2D eigenvalue weighted by molar-refractivity contribution is 6.31. The van der Waals surface area contributed by atoms with Gasteiger partial charge in [-0.3, -0.25) is 4.90 Å². The molecule has 0 aromatic heterocycles. The van der Waals surface area contributed by atoms with Crippen LogP contribution in [0.15, 0.2) is 18.2 Å². The fourth-order valence-corrected chi connectivity index (χ4v) is 2.49. The van der Waals surface area contributed by atoms with Crippen molar-refractivity contribution < 1.29 is 0 Å². The van der Waals surface area contributed by atoms with Gasteiger partial charge in [0.25, 0.3) is 0 Å². The Morgan fingerprint density at radius 3 is 2.60 bits per heavy atom. The van der Waals surface area contributed by atoms with Crippen molar-refractivity contribution >= 4 is 11.6 Å². The highest BCUT2D eigenvalue weighted by Crippen LogP contribution is 2.22. The fraction of sp³-hybridized carbons (Fsp3) is 0.538. The number of benzene rings is 1. The van der Waals surface area contributed by atoms with Gasteiger partial charge in [-0.05, 0) is 50.0 Å². The molecule has 15 heavy (non-hydrogen) atoms. The van der Waals surface area contributed by atoms with E-state index in [0.29, 0.717) is 0 Å². The first-order chi connectivity index (χ1) is 7.27. The summed E-state index contributed by atoms with van der Waals surface area (Å²) in [4.78, 5) is 2.51. The summed E-state index contributed by atoms with van der Waals surface area (Å²) in [5.41, 5.74) is 2.62. The van der Waals surface area contributed by atoms with Crippen LogP contribution >= 0.6 is 11.6 Å². The van der Waals surface area contributed by atoms with Crippen LogP contribution in [-0.4, -0.2) is 18.0 Å². The minimum Gasteiger partial charge on any atom is -0.299 e. The molecule has 1 nitrogen and oxygen atoms in total. The smallest absolute Gasteiger partial charge is 0.0453 e. The van der Waals surface area contributed by atoms with Crippen molar-refractivity contribution in [3.63, 3.8) is 0 Å². The van der Waals surface area contributed by atoms with Crippen LogP contribution in [0.4, 0.5) is 0 Å². The Bertz CT molecular complexity index is 309. The molecule has 1 heterocycles. The second-order valence-corrected chi connectivity index (χ2v) is 4.78. The number of likely N-dealkylation sites (tertiary alicyclic amines) is 1. The number of aryl methyl sites for hydroxylation is 1. The molecule has 0 atom stereocenters. The van der Waals surface area contributed by atoms with Crippen LogP contribution in [0.1, 0.15) is 30.4 Å². The minimum absolute atomic E-state index is 0.917. The Morgan fingerprint density at radius 2 is 1.93 bits per heavy atom. The van der Waals surface area contributed by atoms with Crippen molar-refractivity contribution in [2.75, 3.05) is 13.1 Å². The number of piperidine rings is 1. The van der Waals surface area contributed by atoms with Gasteiger partial charge in [0.1, 0.15) is 0 Å². The van der Waals surface area contributed by atoms with E-state index in [9.17, 15) is 0 Å². The maximum Gasteiger partial charge on any atom is 0.0453 e. The number of halogens is 1. The molecule has 0 saturated carbocycles. The molecule has 2 rings (SSSR count). The average molecular weight is 224 g/mol. The Kier molecular flexibility index (Phi) is 3.66. The van der Waals surface area contributed by atoms with Crippen molar-refractivity contribution in [2.45, 2.75) is 32.7 Å². The molecule has 82 valence electrons. The zero-order chi connectivity index (χ0) is 10.7. The Hall–Kier alpha value is -0.530. The minimum atomic E-state index is 0.917. The third-order valence-corrected chi connectivity index (χ3v) is 3.54. The van der Waals surface area contributed by atoms with Crippen LogP contribution in [0.25, 0.3) is 0 Å². The van der Waals surface area contributed by atoms with E-state index in [4.69, 9.17) is 11.6 Å². The van der Waals surface area contributed by atoms with E-state index < -0.39 is 0 Å². The molecule has 1 aromatic carbocycles. The summed E-state index contributed by atoms with van der Waals surface area (Å²) in [6, 6.07) is 6.16. The lowest BCUT2D eigenvalue weighted by Crippen LogP contribution is -2.29. The number of rotatable bonds is 2. The van der Waals surface area contributed by atoms with Gasteiger partial charge in [0, 0.05) is 11.6 Å². The number of hydrogen-bond acceptors (Lipinski definition) is 1. The van der Waals surface area contributed by atoms with E-state index in [2.05, 4.69) is 17.9 Å². The first kappa shape index (κ1) is 11.0. The van der Waals surface area contributed by atoms with Crippen molar-refractivity contribution in [2.24, 2.45) is 0 Å². The lowest BCUT2D eigenvalue weighted by atomic mass is 10.1. The second kappa shape index (κ2) is 5.00. The van der Waals surface area contributed by atoms with Crippen molar-refractivity contribution in [1.29, 1.82) is 0 Å². The average Bonchev–Trinajstić information content (AvgIpc) is 2.25. The molecular weight excluding hydrogens is 206 g/mol. The van der Waals surface area contributed by atoms with E-state index in [1.807, 2.05) is 12.1 Å². The summed E-state index contributed by atoms with van der Waals surface area (Å²) in [6.45, 7) is 5.62. The molecule has 0 bridgehead atoms. The van der Waals surface area contributed by atoms with Crippen LogP contribution in [0.2, 0.25) is 5.02 Å². The maximum atomic E-state index is 6.22. The molecule has 0 aliphatic carbocycles. The van der Waals surface area contributed by atoms with E-state index in [0.717, 1.165) is 11.6 Å². The predicted molar refractivity (Wildman–Crippen MR) is 65.3 cm³/mol. The van der Waals surface area contributed by atoms with Gasteiger partial charge in [-0.2, -0.15) is 0 Å². The zero-order valence-electron chi connectivity index (χ0n) is 9.30. The molecule has 0 unspecified atom stereocenters. The molecule has 0 spiro atoms.